The van der Waals surface area contributed by atoms with Crippen LogP contribution in [0.15, 0.2) is 71.6 Å². The van der Waals surface area contributed by atoms with Gasteiger partial charge in [0.1, 0.15) is 11.6 Å². The maximum atomic E-state index is 13.2. The number of sulfonamides is 1. The fraction of sp³-hybridized carbons (Fsp3) is 0. The zero-order valence-corrected chi connectivity index (χ0v) is 15.7. The molecule has 0 unspecified atom stereocenters. The highest BCUT2D eigenvalue weighted by molar-refractivity contribution is 7.92. The highest BCUT2D eigenvalue weighted by Crippen LogP contribution is 2.26. The Morgan fingerprint density at radius 2 is 1.61 bits per heavy atom. The average molecular weight is 423 g/mol. The molecule has 0 aliphatic carbocycles. The average Bonchev–Trinajstić information content (AvgIpc) is 2.63. The normalized spacial score (nSPS) is 11.1. The SMILES string of the molecule is O=C(Nc1cccc(F)c1)c1ccc(Cl)c(NS(=O)(=O)c2ccc(F)cc2)c1. The van der Waals surface area contributed by atoms with E-state index in [0.29, 0.717) is 0 Å². The summed E-state index contributed by atoms with van der Waals surface area (Å²) in [5.74, 6) is -1.67. The minimum atomic E-state index is -4.04. The highest BCUT2D eigenvalue weighted by Gasteiger charge is 2.17. The number of amides is 1. The summed E-state index contributed by atoms with van der Waals surface area (Å²) in [6.07, 6.45) is 0. The van der Waals surface area contributed by atoms with Gasteiger partial charge in [-0.05, 0) is 60.7 Å². The third-order valence-electron chi connectivity index (χ3n) is 3.68. The van der Waals surface area contributed by atoms with E-state index in [4.69, 9.17) is 11.6 Å². The van der Waals surface area contributed by atoms with Crippen LogP contribution in [0.3, 0.4) is 0 Å². The van der Waals surface area contributed by atoms with Crippen molar-refractivity contribution in [3.8, 4) is 0 Å². The lowest BCUT2D eigenvalue weighted by atomic mass is 10.2. The van der Waals surface area contributed by atoms with Crippen LogP contribution in [-0.2, 0) is 10.0 Å². The molecule has 0 aliphatic rings. The van der Waals surface area contributed by atoms with Crippen LogP contribution in [0.1, 0.15) is 10.4 Å². The van der Waals surface area contributed by atoms with Crippen LogP contribution in [0.4, 0.5) is 20.2 Å². The number of nitrogens with one attached hydrogen (secondary N) is 2. The molecule has 0 aliphatic heterocycles. The van der Waals surface area contributed by atoms with E-state index >= 15 is 0 Å². The molecule has 3 rings (SSSR count). The van der Waals surface area contributed by atoms with Gasteiger partial charge in [0.15, 0.2) is 0 Å². The number of anilines is 2. The van der Waals surface area contributed by atoms with Crippen molar-refractivity contribution < 1.29 is 22.0 Å². The minimum absolute atomic E-state index is 0.0297. The van der Waals surface area contributed by atoms with Crippen molar-refractivity contribution in [3.63, 3.8) is 0 Å². The lowest BCUT2D eigenvalue weighted by Crippen LogP contribution is -2.15. The Hall–Kier alpha value is -2.97. The van der Waals surface area contributed by atoms with Crippen LogP contribution in [-0.4, -0.2) is 14.3 Å². The smallest absolute Gasteiger partial charge is 0.261 e. The van der Waals surface area contributed by atoms with Crippen molar-refractivity contribution in [3.05, 3.63) is 89.0 Å². The molecule has 9 heteroatoms. The number of carbonyl (C=O) groups is 1. The summed E-state index contributed by atoms with van der Waals surface area (Å²) >= 11 is 6.03. The first-order chi connectivity index (χ1) is 13.2. The number of hydrogen-bond donors (Lipinski definition) is 2. The summed E-state index contributed by atoms with van der Waals surface area (Å²) in [5, 5.41) is 2.57. The maximum absolute atomic E-state index is 13.2. The molecular weight excluding hydrogens is 410 g/mol. The zero-order chi connectivity index (χ0) is 20.3. The van der Waals surface area contributed by atoms with Crippen molar-refractivity contribution in [2.75, 3.05) is 10.0 Å². The molecule has 144 valence electrons. The Bertz CT molecular complexity index is 1140. The number of rotatable bonds is 5. The molecule has 5 nitrogen and oxygen atoms in total. The standard InChI is InChI=1S/C19H13ClF2N2O3S/c20-17-9-4-12(19(25)23-15-3-1-2-14(22)11-15)10-18(17)24-28(26,27)16-7-5-13(21)6-8-16/h1-11,24H,(H,23,25). The zero-order valence-electron chi connectivity index (χ0n) is 14.1. The van der Waals surface area contributed by atoms with E-state index in [2.05, 4.69) is 10.0 Å². The van der Waals surface area contributed by atoms with E-state index in [0.717, 1.165) is 30.3 Å². The lowest BCUT2D eigenvalue weighted by Gasteiger charge is -2.12. The quantitative estimate of drug-likeness (QED) is 0.627. The summed E-state index contributed by atoms with van der Waals surface area (Å²) in [6, 6.07) is 13.6. The molecule has 1 amide bonds. The van der Waals surface area contributed by atoms with E-state index in [1.807, 2.05) is 0 Å². The molecule has 0 spiro atoms. The van der Waals surface area contributed by atoms with Crippen LogP contribution >= 0.6 is 11.6 Å². The first-order valence-electron chi connectivity index (χ1n) is 7.89. The maximum Gasteiger partial charge on any atom is 0.261 e. The molecule has 3 aromatic carbocycles. The molecule has 0 radical (unpaired) electrons. The second-order valence-corrected chi connectivity index (χ2v) is 7.81. The molecule has 3 aromatic rings. The van der Waals surface area contributed by atoms with Gasteiger partial charge in [0.25, 0.3) is 15.9 Å². The first kappa shape index (κ1) is 19.8. The largest absolute Gasteiger partial charge is 0.322 e. The fourth-order valence-electron chi connectivity index (χ4n) is 2.33. The predicted octanol–water partition coefficient (Wildman–Crippen LogP) is 4.67. The monoisotopic (exact) mass is 422 g/mol. The Morgan fingerprint density at radius 1 is 0.893 bits per heavy atom. The number of benzene rings is 3. The molecule has 0 atom stereocenters. The number of hydrogen-bond acceptors (Lipinski definition) is 3. The van der Waals surface area contributed by atoms with Gasteiger partial charge in [-0.25, -0.2) is 17.2 Å². The summed E-state index contributed by atoms with van der Waals surface area (Å²) in [4.78, 5) is 12.2. The Labute approximate surface area is 165 Å². The molecule has 0 bridgehead atoms. The number of halogens is 3. The van der Waals surface area contributed by atoms with Crippen LogP contribution in [0.5, 0.6) is 0 Å². The van der Waals surface area contributed by atoms with E-state index in [1.165, 1.54) is 36.4 Å². The molecule has 0 saturated heterocycles. The van der Waals surface area contributed by atoms with E-state index in [-0.39, 0.29) is 26.9 Å². The van der Waals surface area contributed by atoms with Crippen molar-refractivity contribution in [1.82, 2.24) is 0 Å². The minimum Gasteiger partial charge on any atom is -0.322 e. The molecule has 0 aromatic heterocycles. The van der Waals surface area contributed by atoms with Crippen molar-refractivity contribution in [2.24, 2.45) is 0 Å². The van der Waals surface area contributed by atoms with Gasteiger partial charge in [-0.15, -0.1) is 0 Å². The summed E-state index contributed by atoms with van der Waals surface area (Å²) in [6.45, 7) is 0. The molecule has 0 fully saturated rings. The fourth-order valence-corrected chi connectivity index (χ4v) is 3.62. The van der Waals surface area contributed by atoms with Crippen LogP contribution < -0.4 is 10.0 Å². The van der Waals surface area contributed by atoms with Crippen LogP contribution in [0.2, 0.25) is 5.02 Å². The molecule has 0 saturated carbocycles. The third kappa shape index (κ3) is 4.65. The van der Waals surface area contributed by atoms with Crippen molar-refractivity contribution in [2.45, 2.75) is 4.90 Å². The highest BCUT2D eigenvalue weighted by atomic mass is 35.5. The van der Waals surface area contributed by atoms with E-state index in [9.17, 15) is 22.0 Å². The second kappa shape index (κ2) is 7.95. The summed E-state index contributed by atoms with van der Waals surface area (Å²) in [7, 11) is -4.04. The van der Waals surface area contributed by atoms with Gasteiger partial charge in [0.05, 0.1) is 15.6 Å². The second-order valence-electron chi connectivity index (χ2n) is 5.72. The number of carbonyl (C=O) groups excluding carboxylic acids is 1. The molecular formula is C19H13ClF2N2O3S. The van der Waals surface area contributed by atoms with Gasteiger partial charge in [0.2, 0.25) is 0 Å². The van der Waals surface area contributed by atoms with Gasteiger partial charge < -0.3 is 5.32 Å². The Kier molecular flexibility index (Phi) is 5.62. The lowest BCUT2D eigenvalue weighted by molar-refractivity contribution is 0.102. The predicted molar refractivity (Wildman–Crippen MR) is 103 cm³/mol. The van der Waals surface area contributed by atoms with Gasteiger partial charge in [0, 0.05) is 11.3 Å². The van der Waals surface area contributed by atoms with Crippen molar-refractivity contribution >= 4 is 38.9 Å². The molecule has 28 heavy (non-hydrogen) atoms. The topological polar surface area (TPSA) is 75.3 Å². The Morgan fingerprint density at radius 3 is 2.29 bits per heavy atom. The van der Waals surface area contributed by atoms with Crippen LogP contribution in [0, 0.1) is 11.6 Å². The molecule has 0 heterocycles. The Balaban J connectivity index is 1.85. The third-order valence-corrected chi connectivity index (χ3v) is 5.39. The van der Waals surface area contributed by atoms with Crippen LogP contribution in [0.25, 0.3) is 0 Å². The molecule has 2 N–H and O–H groups in total. The summed E-state index contributed by atoms with van der Waals surface area (Å²) < 4.78 is 53.4. The first-order valence-corrected chi connectivity index (χ1v) is 9.75. The van der Waals surface area contributed by atoms with E-state index in [1.54, 1.807) is 0 Å². The van der Waals surface area contributed by atoms with Crippen molar-refractivity contribution in [1.29, 1.82) is 0 Å². The van der Waals surface area contributed by atoms with Gasteiger partial charge in [-0.3, -0.25) is 9.52 Å². The van der Waals surface area contributed by atoms with E-state index < -0.39 is 27.6 Å². The summed E-state index contributed by atoms with van der Waals surface area (Å²) in [5.41, 5.74) is 0.316. The van der Waals surface area contributed by atoms with Gasteiger partial charge >= 0.3 is 0 Å². The van der Waals surface area contributed by atoms with Gasteiger partial charge in [-0.1, -0.05) is 17.7 Å². The van der Waals surface area contributed by atoms with Gasteiger partial charge in [-0.2, -0.15) is 0 Å².